The molecule has 2 heterocycles. The summed E-state index contributed by atoms with van der Waals surface area (Å²) in [6, 6.07) is 6.12. The van der Waals surface area contributed by atoms with Gasteiger partial charge in [-0.1, -0.05) is 0 Å². The Morgan fingerprint density at radius 3 is 2.95 bits per heavy atom. The molecule has 20 heavy (non-hydrogen) atoms. The van der Waals surface area contributed by atoms with E-state index in [0.29, 0.717) is 13.2 Å². The predicted molar refractivity (Wildman–Crippen MR) is 77.4 cm³/mol. The largest absolute Gasteiger partial charge is 0.454 e. The van der Waals surface area contributed by atoms with Crippen LogP contribution in [0.1, 0.15) is 13.8 Å². The van der Waals surface area contributed by atoms with Crippen molar-refractivity contribution in [3.05, 3.63) is 24.4 Å². The summed E-state index contributed by atoms with van der Waals surface area (Å²) in [5.41, 5.74) is 0. The molecule has 1 unspecified atom stereocenters. The van der Waals surface area contributed by atoms with Crippen LogP contribution in [0.5, 0.6) is 11.5 Å². The van der Waals surface area contributed by atoms with E-state index in [1.165, 1.54) is 0 Å². The van der Waals surface area contributed by atoms with Gasteiger partial charge in [0.05, 0.1) is 6.61 Å². The van der Waals surface area contributed by atoms with Crippen molar-refractivity contribution in [1.82, 2.24) is 4.98 Å². The minimum atomic E-state index is 0.193. The zero-order chi connectivity index (χ0) is 13.9. The Morgan fingerprint density at radius 1 is 1.35 bits per heavy atom. The quantitative estimate of drug-likeness (QED) is 0.908. The predicted octanol–water partition coefficient (Wildman–Crippen LogP) is 2.80. The van der Waals surface area contributed by atoms with Crippen molar-refractivity contribution in [3.63, 3.8) is 0 Å². The molecule has 2 aromatic rings. The standard InChI is InChI=1S/C15H18N2O3/c1-3-18-8-10(2)17-15-12-7-14-13(19-9-20-14)6-11(12)4-5-16-15/h4-7,10H,3,8-9H2,1-2H3,(H,16,17). The van der Waals surface area contributed by atoms with Crippen LogP contribution in [0.3, 0.4) is 0 Å². The van der Waals surface area contributed by atoms with E-state index in [9.17, 15) is 0 Å². The minimum Gasteiger partial charge on any atom is -0.454 e. The van der Waals surface area contributed by atoms with Crippen molar-refractivity contribution in [2.75, 3.05) is 25.3 Å². The lowest BCUT2D eigenvalue weighted by Crippen LogP contribution is -2.22. The maximum Gasteiger partial charge on any atom is 0.231 e. The third-order valence-electron chi connectivity index (χ3n) is 3.21. The maximum absolute atomic E-state index is 5.43. The molecule has 0 amide bonds. The molecule has 0 spiro atoms. The molecule has 0 fully saturated rings. The van der Waals surface area contributed by atoms with Crippen LogP contribution in [0.2, 0.25) is 0 Å². The van der Waals surface area contributed by atoms with E-state index in [4.69, 9.17) is 14.2 Å². The molecule has 0 aliphatic carbocycles. The van der Waals surface area contributed by atoms with Gasteiger partial charge in [-0.15, -0.1) is 0 Å². The SMILES string of the molecule is CCOCC(C)Nc1nccc2cc3c(cc12)OCO3. The first kappa shape index (κ1) is 13.0. The number of hydrogen-bond donors (Lipinski definition) is 1. The summed E-state index contributed by atoms with van der Waals surface area (Å²) < 4.78 is 16.2. The summed E-state index contributed by atoms with van der Waals surface area (Å²) in [6.07, 6.45) is 1.79. The average molecular weight is 274 g/mol. The molecule has 1 aliphatic rings. The normalized spacial score (nSPS) is 14.5. The van der Waals surface area contributed by atoms with E-state index in [2.05, 4.69) is 17.2 Å². The summed E-state index contributed by atoms with van der Waals surface area (Å²) in [4.78, 5) is 4.42. The maximum atomic E-state index is 5.43. The Balaban J connectivity index is 1.91. The number of benzene rings is 1. The van der Waals surface area contributed by atoms with Crippen LogP contribution in [0, 0.1) is 0 Å². The lowest BCUT2D eigenvalue weighted by Gasteiger charge is -2.16. The molecule has 0 saturated heterocycles. The molecule has 1 aromatic heterocycles. The molecule has 0 bridgehead atoms. The number of fused-ring (bicyclic) bond motifs is 2. The van der Waals surface area contributed by atoms with E-state index in [0.717, 1.165) is 28.1 Å². The third-order valence-corrected chi connectivity index (χ3v) is 3.21. The van der Waals surface area contributed by atoms with Gasteiger partial charge in [0.2, 0.25) is 6.79 Å². The van der Waals surface area contributed by atoms with Crippen LogP contribution in [0.4, 0.5) is 5.82 Å². The molecule has 0 saturated carbocycles. The van der Waals surface area contributed by atoms with Crippen molar-refractivity contribution in [3.8, 4) is 11.5 Å². The second-order valence-electron chi connectivity index (χ2n) is 4.79. The average Bonchev–Trinajstić information content (AvgIpc) is 2.90. The van der Waals surface area contributed by atoms with Gasteiger partial charge in [0.1, 0.15) is 5.82 Å². The molecule has 0 radical (unpaired) electrons. The van der Waals surface area contributed by atoms with Gasteiger partial charge in [-0.05, 0) is 37.4 Å². The highest BCUT2D eigenvalue weighted by Crippen LogP contribution is 2.37. The van der Waals surface area contributed by atoms with Crippen molar-refractivity contribution in [2.45, 2.75) is 19.9 Å². The number of ether oxygens (including phenoxy) is 3. The van der Waals surface area contributed by atoms with Crippen LogP contribution < -0.4 is 14.8 Å². The summed E-state index contributed by atoms with van der Waals surface area (Å²) in [6.45, 7) is 5.71. The highest BCUT2D eigenvalue weighted by molar-refractivity contribution is 5.94. The first-order chi connectivity index (χ1) is 9.78. The zero-order valence-corrected chi connectivity index (χ0v) is 11.7. The highest BCUT2D eigenvalue weighted by Gasteiger charge is 2.16. The van der Waals surface area contributed by atoms with E-state index in [1.54, 1.807) is 6.20 Å². The fourth-order valence-electron chi connectivity index (χ4n) is 2.25. The Labute approximate surface area is 117 Å². The number of anilines is 1. The number of nitrogens with one attached hydrogen (secondary N) is 1. The molecule has 3 rings (SSSR count). The smallest absolute Gasteiger partial charge is 0.231 e. The van der Waals surface area contributed by atoms with Gasteiger partial charge in [-0.3, -0.25) is 0 Å². The van der Waals surface area contributed by atoms with Gasteiger partial charge >= 0.3 is 0 Å². The van der Waals surface area contributed by atoms with Gasteiger partial charge < -0.3 is 19.5 Å². The molecular weight excluding hydrogens is 256 g/mol. The van der Waals surface area contributed by atoms with Crippen LogP contribution in [-0.4, -0.2) is 31.0 Å². The van der Waals surface area contributed by atoms with Gasteiger partial charge in [0, 0.05) is 24.2 Å². The fourth-order valence-corrected chi connectivity index (χ4v) is 2.25. The number of rotatable bonds is 5. The van der Waals surface area contributed by atoms with Crippen molar-refractivity contribution in [1.29, 1.82) is 0 Å². The van der Waals surface area contributed by atoms with Crippen molar-refractivity contribution >= 4 is 16.6 Å². The Morgan fingerprint density at radius 2 is 2.15 bits per heavy atom. The van der Waals surface area contributed by atoms with E-state index >= 15 is 0 Å². The molecule has 1 atom stereocenters. The van der Waals surface area contributed by atoms with Crippen molar-refractivity contribution < 1.29 is 14.2 Å². The molecule has 5 heteroatoms. The van der Waals surface area contributed by atoms with Gasteiger partial charge in [0.15, 0.2) is 11.5 Å². The van der Waals surface area contributed by atoms with Crippen LogP contribution in [-0.2, 0) is 4.74 Å². The second-order valence-corrected chi connectivity index (χ2v) is 4.79. The Kier molecular flexibility index (Phi) is 3.60. The van der Waals surface area contributed by atoms with E-state index in [-0.39, 0.29) is 12.8 Å². The van der Waals surface area contributed by atoms with Crippen LogP contribution in [0.15, 0.2) is 24.4 Å². The van der Waals surface area contributed by atoms with E-state index in [1.807, 2.05) is 25.1 Å². The first-order valence-electron chi connectivity index (χ1n) is 6.80. The molecule has 106 valence electrons. The molecule has 1 N–H and O–H groups in total. The lowest BCUT2D eigenvalue weighted by atomic mass is 10.1. The van der Waals surface area contributed by atoms with Crippen molar-refractivity contribution in [2.24, 2.45) is 0 Å². The van der Waals surface area contributed by atoms with Crippen LogP contribution >= 0.6 is 0 Å². The van der Waals surface area contributed by atoms with Gasteiger partial charge in [0.25, 0.3) is 0 Å². The fraction of sp³-hybridized carbons (Fsp3) is 0.400. The van der Waals surface area contributed by atoms with Gasteiger partial charge in [-0.25, -0.2) is 4.98 Å². The molecule has 1 aliphatic heterocycles. The topological polar surface area (TPSA) is 52.6 Å². The second kappa shape index (κ2) is 5.54. The first-order valence-corrected chi connectivity index (χ1v) is 6.80. The minimum absolute atomic E-state index is 0.193. The molecule has 5 nitrogen and oxygen atoms in total. The summed E-state index contributed by atoms with van der Waals surface area (Å²) in [7, 11) is 0. The monoisotopic (exact) mass is 274 g/mol. The third kappa shape index (κ3) is 2.49. The van der Waals surface area contributed by atoms with Crippen LogP contribution in [0.25, 0.3) is 10.8 Å². The summed E-state index contributed by atoms with van der Waals surface area (Å²) in [5, 5.41) is 5.49. The summed E-state index contributed by atoms with van der Waals surface area (Å²) in [5.74, 6) is 2.40. The van der Waals surface area contributed by atoms with E-state index < -0.39 is 0 Å². The Hall–Kier alpha value is -2.01. The van der Waals surface area contributed by atoms with Gasteiger partial charge in [-0.2, -0.15) is 0 Å². The number of aromatic nitrogens is 1. The lowest BCUT2D eigenvalue weighted by molar-refractivity contribution is 0.141. The number of hydrogen-bond acceptors (Lipinski definition) is 5. The highest BCUT2D eigenvalue weighted by atomic mass is 16.7. The molecular formula is C15H18N2O3. The summed E-state index contributed by atoms with van der Waals surface area (Å²) >= 11 is 0. The number of pyridine rings is 1. The number of nitrogens with zero attached hydrogens (tertiary/aromatic N) is 1. The molecule has 1 aromatic carbocycles. The Bertz CT molecular complexity index is 615. The zero-order valence-electron chi connectivity index (χ0n) is 11.7.